The fourth-order valence-corrected chi connectivity index (χ4v) is 5.53. The molecule has 0 fully saturated rings. The van der Waals surface area contributed by atoms with E-state index in [1.165, 1.54) is 16.9 Å². The molecule has 1 aromatic carbocycles. The fraction of sp³-hybridized carbons (Fsp3) is 0.308. The Morgan fingerprint density at radius 1 is 1.12 bits per heavy atom. The van der Waals surface area contributed by atoms with E-state index in [0.29, 0.717) is 35.7 Å². The molecule has 0 bridgehead atoms. The molecule has 2 amide bonds. The third kappa shape index (κ3) is 3.82. The van der Waals surface area contributed by atoms with Crippen LogP contribution in [0.3, 0.4) is 0 Å². The van der Waals surface area contributed by atoms with Crippen LogP contribution in [0.1, 0.15) is 56.9 Å². The summed E-state index contributed by atoms with van der Waals surface area (Å²) in [6, 6.07) is 14.0. The molecule has 0 atom stereocenters. The maximum absolute atomic E-state index is 13.3. The Kier molecular flexibility index (Phi) is 5.37. The number of carbonyl (C=O) groups is 2. The number of benzene rings is 1. The lowest BCUT2D eigenvalue weighted by atomic mass is 9.86. The van der Waals surface area contributed by atoms with E-state index in [1.54, 1.807) is 22.5 Å². The Morgan fingerprint density at radius 3 is 2.50 bits per heavy atom. The van der Waals surface area contributed by atoms with Crippen molar-refractivity contribution < 1.29 is 19.2 Å². The topological polar surface area (TPSA) is 87.7 Å². The fourth-order valence-electron chi connectivity index (χ4n) is 4.42. The number of aromatic nitrogens is 1. The molecule has 0 unspecified atom stereocenters. The summed E-state index contributed by atoms with van der Waals surface area (Å²) in [6.07, 6.45) is 0.672. The summed E-state index contributed by atoms with van der Waals surface area (Å²) in [5, 5.41) is 8.88. The van der Waals surface area contributed by atoms with Gasteiger partial charge in [-0.25, -0.2) is 5.48 Å². The Balaban J connectivity index is 1.38. The van der Waals surface area contributed by atoms with Crippen molar-refractivity contribution in [1.29, 1.82) is 0 Å². The van der Waals surface area contributed by atoms with Crippen molar-refractivity contribution in [3.63, 3.8) is 0 Å². The zero-order valence-electron chi connectivity index (χ0n) is 19.6. The molecule has 8 heteroatoms. The van der Waals surface area contributed by atoms with Gasteiger partial charge in [-0.15, -0.1) is 11.3 Å². The highest BCUT2D eigenvalue weighted by Crippen LogP contribution is 2.33. The summed E-state index contributed by atoms with van der Waals surface area (Å²) in [5.41, 5.74) is 7.19. The van der Waals surface area contributed by atoms with Gasteiger partial charge in [-0.2, -0.15) is 0 Å². The third-order valence-corrected chi connectivity index (χ3v) is 7.64. The second-order valence-corrected chi connectivity index (χ2v) is 10.9. The average Bonchev–Trinajstić information content (AvgIpc) is 3.51. The summed E-state index contributed by atoms with van der Waals surface area (Å²) in [6.45, 7) is 7.58. The van der Waals surface area contributed by atoms with Crippen molar-refractivity contribution in [2.45, 2.75) is 39.2 Å². The van der Waals surface area contributed by atoms with E-state index in [4.69, 9.17) is 9.62 Å². The highest BCUT2D eigenvalue weighted by Gasteiger charge is 2.28. The molecule has 7 nitrogen and oxygen atoms in total. The van der Waals surface area contributed by atoms with Crippen molar-refractivity contribution in [3.05, 3.63) is 69.0 Å². The summed E-state index contributed by atoms with van der Waals surface area (Å²) in [4.78, 5) is 28.3. The van der Waals surface area contributed by atoms with Crippen LogP contribution in [-0.2, 0) is 25.4 Å². The molecule has 0 saturated carbocycles. The number of nitrogens with one attached hydrogen (secondary N) is 1. The van der Waals surface area contributed by atoms with Gasteiger partial charge in [0, 0.05) is 36.2 Å². The largest absolute Gasteiger partial charge is 0.454 e. The maximum Gasteiger partial charge on any atom is 0.284 e. The molecule has 0 spiro atoms. The number of hydrogen-bond acceptors (Lipinski definition) is 5. The molecular weight excluding hydrogens is 450 g/mol. The smallest absolute Gasteiger partial charge is 0.284 e. The van der Waals surface area contributed by atoms with E-state index in [9.17, 15) is 9.59 Å². The lowest BCUT2D eigenvalue weighted by Crippen LogP contribution is -2.36. The first-order valence-corrected chi connectivity index (χ1v) is 12.0. The first kappa shape index (κ1) is 22.4. The van der Waals surface area contributed by atoms with Gasteiger partial charge >= 0.3 is 0 Å². The number of nitrogens with zero attached hydrogens (tertiary/aromatic N) is 2. The standard InChI is InChI=1S/C26H27N3O4S/c1-26(2,3)17-7-5-15(6-8-17)20-12-18-21(33-20)13-19(28(18)4)25(31)29-10-9-16-11-22(24(30)27-32)34-23(16)14-29/h5-8,11-13,32H,9-10,14H2,1-4H3,(H,27,30). The van der Waals surface area contributed by atoms with E-state index in [2.05, 4.69) is 45.0 Å². The first-order valence-electron chi connectivity index (χ1n) is 11.2. The highest BCUT2D eigenvalue weighted by atomic mass is 32.1. The monoisotopic (exact) mass is 477 g/mol. The second kappa shape index (κ2) is 8.14. The van der Waals surface area contributed by atoms with Gasteiger partial charge in [-0.1, -0.05) is 45.0 Å². The van der Waals surface area contributed by atoms with Gasteiger partial charge in [-0.05, 0) is 29.0 Å². The quantitative estimate of drug-likeness (QED) is 0.317. The van der Waals surface area contributed by atoms with Crippen LogP contribution < -0.4 is 5.48 Å². The molecular formula is C26H27N3O4S. The molecule has 176 valence electrons. The molecule has 4 heterocycles. The first-order chi connectivity index (χ1) is 16.2. The van der Waals surface area contributed by atoms with Crippen LogP contribution in [0.15, 0.2) is 46.9 Å². The molecule has 1 aliphatic rings. The van der Waals surface area contributed by atoms with E-state index in [-0.39, 0.29) is 11.3 Å². The van der Waals surface area contributed by atoms with Crippen LogP contribution in [0.2, 0.25) is 0 Å². The Morgan fingerprint density at radius 2 is 1.85 bits per heavy atom. The average molecular weight is 478 g/mol. The number of carbonyl (C=O) groups excluding carboxylic acids is 2. The minimum atomic E-state index is -0.524. The van der Waals surface area contributed by atoms with Crippen molar-refractivity contribution >= 4 is 34.3 Å². The van der Waals surface area contributed by atoms with Gasteiger partial charge in [0.1, 0.15) is 11.5 Å². The van der Waals surface area contributed by atoms with Crippen LogP contribution in [0, 0.1) is 0 Å². The molecule has 34 heavy (non-hydrogen) atoms. The number of rotatable bonds is 3. The summed E-state index contributed by atoms with van der Waals surface area (Å²) >= 11 is 1.31. The summed E-state index contributed by atoms with van der Waals surface area (Å²) in [5.74, 6) is 0.178. The van der Waals surface area contributed by atoms with E-state index in [1.807, 2.05) is 17.7 Å². The third-order valence-electron chi connectivity index (χ3n) is 6.48. The Labute approximate surface area is 201 Å². The zero-order valence-corrected chi connectivity index (χ0v) is 20.5. The van der Waals surface area contributed by atoms with Crippen LogP contribution in [0.5, 0.6) is 0 Å². The van der Waals surface area contributed by atoms with Gasteiger partial charge < -0.3 is 13.9 Å². The minimum absolute atomic E-state index is 0.0720. The number of fused-ring (bicyclic) bond motifs is 2. The highest BCUT2D eigenvalue weighted by molar-refractivity contribution is 7.14. The van der Waals surface area contributed by atoms with Crippen LogP contribution >= 0.6 is 11.3 Å². The summed E-state index contributed by atoms with van der Waals surface area (Å²) < 4.78 is 8.00. The van der Waals surface area contributed by atoms with E-state index in [0.717, 1.165) is 27.3 Å². The Hall–Kier alpha value is -3.36. The molecule has 0 saturated heterocycles. The predicted octanol–water partition coefficient (Wildman–Crippen LogP) is 5.11. The number of furan rings is 1. The SMILES string of the molecule is Cn1c(C(=O)N2CCc3cc(C(=O)NO)sc3C2)cc2oc(-c3ccc(C(C)(C)C)cc3)cc21. The van der Waals surface area contributed by atoms with Crippen molar-refractivity contribution in [2.75, 3.05) is 6.54 Å². The Bertz CT molecular complexity index is 1400. The van der Waals surface area contributed by atoms with Gasteiger partial charge in [-0.3, -0.25) is 14.8 Å². The van der Waals surface area contributed by atoms with Crippen molar-refractivity contribution in [1.82, 2.24) is 14.9 Å². The second-order valence-electron chi connectivity index (χ2n) is 9.75. The number of amides is 2. The van der Waals surface area contributed by atoms with E-state index >= 15 is 0 Å². The molecule has 1 aliphatic heterocycles. The zero-order chi connectivity index (χ0) is 24.2. The summed E-state index contributed by atoms with van der Waals surface area (Å²) in [7, 11) is 1.88. The van der Waals surface area contributed by atoms with Crippen LogP contribution in [0.4, 0.5) is 0 Å². The lowest BCUT2D eigenvalue weighted by molar-refractivity contribution is 0.0708. The van der Waals surface area contributed by atoms with Crippen molar-refractivity contribution in [2.24, 2.45) is 7.05 Å². The van der Waals surface area contributed by atoms with Gasteiger partial charge in [0.25, 0.3) is 11.8 Å². The van der Waals surface area contributed by atoms with Gasteiger partial charge in [0.05, 0.1) is 16.9 Å². The molecule has 2 N–H and O–H groups in total. The van der Waals surface area contributed by atoms with Crippen LogP contribution in [-0.4, -0.2) is 33.0 Å². The molecule has 3 aromatic heterocycles. The van der Waals surface area contributed by atoms with Gasteiger partial charge in [0.15, 0.2) is 5.58 Å². The predicted molar refractivity (Wildman–Crippen MR) is 131 cm³/mol. The number of thiophene rings is 1. The molecule has 5 rings (SSSR count). The minimum Gasteiger partial charge on any atom is -0.454 e. The number of hydrogen-bond donors (Lipinski definition) is 2. The number of aryl methyl sites for hydroxylation is 1. The van der Waals surface area contributed by atoms with E-state index < -0.39 is 5.91 Å². The molecule has 0 radical (unpaired) electrons. The normalized spacial score (nSPS) is 13.9. The lowest BCUT2D eigenvalue weighted by Gasteiger charge is -2.27. The van der Waals surface area contributed by atoms with Crippen molar-refractivity contribution in [3.8, 4) is 11.3 Å². The maximum atomic E-state index is 13.3. The van der Waals surface area contributed by atoms with Gasteiger partial charge in [0.2, 0.25) is 0 Å². The molecule has 0 aliphatic carbocycles. The van der Waals surface area contributed by atoms with Crippen LogP contribution in [0.25, 0.3) is 22.4 Å². The molecule has 4 aromatic rings. The number of hydroxylamine groups is 1.